The summed E-state index contributed by atoms with van der Waals surface area (Å²) in [4.78, 5) is 42.5. The van der Waals surface area contributed by atoms with Gasteiger partial charge in [-0.25, -0.2) is 9.79 Å². The number of ether oxygens (including phenoxy) is 3. The van der Waals surface area contributed by atoms with Crippen LogP contribution in [0, 0.1) is 16.0 Å². The normalized spacial score (nSPS) is 15.1. The van der Waals surface area contributed by atoms with E-state index in [4.69, 9.17) is 14.2 Å². The van der Waals surface area contributed by atoms with Crippen LogP contribution in [0.1, 0.15) is 51.3 Å². The number of nitrogens with zero attached hydrogens (tertiary/aromatic N) is 3. The van der Waals surface area contributed by atoms with Gasteiger partial charge in [0.2, 0.25) is 0 Å². The Bertz CT molecular complexity index is 1640. The molecule has 4 rings (SSSR count). The van der Waals surface area contributed by atoms with Gasteiger partial charge in [-0.3, -0.25) is 19.5 Å². The van der Waals surface area contributed by atoms with E-state index in [1.807, 2.05) is 6.07 Å². The average molecular weight is 566 g/mol. The van der Waals surface area contributed by atoms with Gasteiger partial charge in [-0.15, -0.1) is 0 Å². The van der Waals surface area contributed by atoms with E-state index in [9.17, 15) is 19.7 Å². The minimum Gasteiger partial charge on any atom is -0.493 e. The van der Waals surface area contributed by atoms with Gasteiger partial charge in [-0.1, -0.05) is 31.3 Å². The van der Waals surface area contributed by atoms with E-state index in [1.165, 1.54) is 35.1 Å². The second-order valence-corrected chi connectivity index (χ2v) is 10.6. The number of rotatable bonds is 10. The first-order valence-corrected chi connectivity index (χ1v) is 13.7. The average Bonchev–Trinajstić information content (AvgIpc) is 3.22. The van der Waals surface area contributed by atoms with Gasteiger partial charge in [-0.2, -0.15) is 0 Å². The highest BCUT2D eigenvalue weighted by atomic mass is 32.1. The third-order valence-corrected chi connectivity index (χ3v) is 7.36. The van der Waals surface area contributed by atoms with Crippen molar-refractivity contribution in [1.82, 2.24) is 4.57 Å². The molecule has 0 aliphatic carbocycles. The van der Waals surface area contributed by atoms with E-state index < -0.39 is 16.9 Å². The maximum absolute atomic E-state index is 13.8. The van der Waals surface area contributed by atoms with Crippen molar-refractivity contribution in [3.63, 3.8) is 0 Å². The van der Waals surface area contributed by atoms with Gasteiger partial charge in [0.1, 0.15) is 0 Å². The third kappa shape index (κ3) is 5.99. The Morgan fingerprint density at radius 2 is 1.93 bits per heavy atom. The first-order valence-electron chi connectivity index (χ1n) is 12.9. The Labute approximate surface area is 235 Å². The molecule has 0 saturated carbocycles. The van der Waals surface area contributed by atoms with E-state index in [0.29, 0.717) is 50.2 Å². The lowest BCUT2D eigenvalue weighted by molar-refractivity contribution is -0.384. The third-order valence-electron chi connectivity index (χ3n) is 6.37. The van der Waals surface area contributed by atoms with Gasteiger partial charge in [0.05, 0.1) is 47.1 Å². The van der Waals surface area contributed by atoms with E-state index in [1.54, 1.807) is 44.2 Å². The molecule has 0 amide bonds. The van der Waals surface area contributed by atoms with Crippen molar-refractivity contribution in [3.8, 4) is 11.5 Å². The molecule has 0 spiro atoms. The lowest BCUT2D eigenvalue weighted by Gasteiger charge is -2.25. The number of fused-ring (bicyclic) bond motifs is 1. The highest BCUT2D eigenvalue weighted by molar-refractivity contribution is 7.07. The first kappa shape index (κ1) is 28.8. The Morgan fingerprint density at radius 3 is 2.55 bits per heavy atom. The molecule has 210 valence electrons. The first-order chi connectivity index (χ1) is 19.1. The summed E-state index contributed by atoms with van der Waals surface area (Å²) in [5, 5.41) is 11.0. The number of nitro benzene ring substituents is 1. The Hall–Kier alpha value is -4.25. The molecule has 2 aromatic carbocycles. The van der Waals surface area contributed by atoms with Crippen molar-refractivity contribution in [2.45, 2.75) is 40.2 Å². The van der Waals surface area contributed by atoms with Crippen LogP contribution in [-0.4, -0.2) is 35.8 Å². The summed E-state index contributed by atoms with van der Waals surface area (Å²) in [5.41, 5.74) is 1.57. The molecule has 0 bridgehead atoms. The zero-order valence-corrected chi connectivity index (χ0v) is 23.8. The Morgan fingerprint density at radius 1 is 1.20 bits per heavy atom. The number of methoxy groups -OCH3 is 1. The fourth-order valence-electron chi connectivity index (χ4n) is 4.33. The SMILES string of the molecule is CCOC(=O)C1=C(C)N=c2sc(=Cc3ccc([N+](=O)[O-])cc3)c(=O)n2C1c1ccc(OCCC(C)C)c(OC)c1. The summed E-state index contributed by atoms with van der Waals surface area (Å²) in [7, 11) is 1.54. The summed E-state index contributed by atoms with van der Waals surface area (Å²) >= 11 is 1.18. The maximum Gasteiger partial charge on any atom is 0.338 e. The molecule has 1 atom stereocenters. The van der Waals surface area contributed by atoms with E-state index in [0.717, 1.165) is 6.42 Å². The summed E-state index contributed by atoms with van der Waals surface area (Å²) in [5.74, 6) is 0.968. The van der Waals surface area contributed by atoms with Crippen LogP contribution in [0.5, 0.6) is 11.5 Å². The van der Waals surface area contributed by atoms with E-state index in [-0.39, 0.29) is 23.4 Å². The Balaban J connectivity index is 1.85. The standard InChI is InChI=1S/C29H31N3O7S/c1-6-38-28(34)25-18(4)30-29-31(27(33)24(40-29)15-19-7-10-21(11-8-19)32(35)36)26(25)20-9-12-22(23(16-20)37-5)39-14-13-17(2)3/h7-12,15-17,26H,6,13-14H2,1-5H3. The van der Waals surface area contributed by atoms with Crippen LogP contribution < -0.4 is 24.4 Å². The zero-order chi connectivity index (χ0) is 29.0. The molecule has 40 heavy (non-hydrogen) atoms. The van der Waals surface area contributed by atoms with E-state index >= 15 is 0 Å². The number of carbonyl (C=O) groups is 1. The Kier molecular flexibility index (Phi) is 8.83. The van der Waals surface area contributed by atoms with Crippen LogP contribution in [0.2, 0.25) is 0 Å². The van der Waals surface area contributed by atoms with Crippen LogP contribution in [0.3, 0.4) is 0 Å². The highest BCUT2D eigenvalue weighted by Gasteiger charge is 2.34. The minimum atomic E-state index is -0.812. The molecular weight excluding hydrogens is 534 g/mol. The number of hydrogen-bond acceptors (Lipinski definition) is 9. The molecule has 0 saturated heterocycles. The largest absolute Gasteiger partial charge is 0.493 e. The lowest BCUT2D eigenvalue weighted by atomic mass is 9.95. The number of thiazole rings is 1. The van der Waals surface area contributed by atoms with Crippen LogP contribution in [-0.2, 0) is 9.53 Å². The van der Waals surface area contributed by atoms with Crippen molar-refractivity contribution in [2.75, 3.05) is 20.3 Å². The molecule has 0 radical (unpaired) electrons. The number of carbonyl (C=O) groups excluding carboxylic acids is 1. The maximum atomic E-state index is 13.8. The number of hydrogen-bond donors (Lipinski definition) is 0. The van der Waals surface area contributed by atoms with Gasteiger partial charge >= 0.3 is 5.97 Å². The van der Waals surface area contributed by atoms with Crippen LogP contribution in [0.4, 0.5) is 5.69 Å². The topological polar surface area (TPSA) is 122 Å². The lowest BCUT2D eigenvalue weighted by Crippen LogP contribution is -2.40. The molecule has 1 unspecified atom stereocenters. The van der Waals surface area contributed by atoms with Crippen LogP contribution in [0.15, 0.2) is 63.5 Å². The quantitative estimate of drug-likeness (QED) is 0.206. The number of allylic oxidation sites excluding steroid dienone is 1. The summed E-state index contributed by atoms with van der Waals surface area (Å²) in [6.07, 6.45) is 2.53. The molecule has 0 N–H and O–H groups in total. The predicted octanol–water partition coefficient (Wildman–Crippen LogP) is 4.14. The monoisotopic (exact) mass is 565 g/mol. The fourth-order valence-corrected chi connectivity index (χ4v) is 5.38. The number of aromatic nitrogens is 1. The highest BCUT2D eigenvalue weighted by Crippen LogP contribution is 2.36. The van der Waals surface area contributed by atoms with Gasteiger partial charge in [0.25, 0.3) is 11.2 Å². The molecule has 1 aliphatic rings. The second kappa shape index (κ2) is 12.3. The van der Waals surface area contributed by atoms with Crippen molar-refractivity contribution in [2.24, 2.45) is 10.9 Å². The number of benzene rings is 2. The summed E-state index contributed by atoms with van der Waals surface area (Å²) < 4.78 is 18.8. The minimum absolute atomic E-state index is 0.0427. The summed E-state index contributed by atoms with van der Waals surface area (Å²) in [6.45, 7) is 8.36. The number of non-ortho nitro benzene ring substituents is 1. The van der Waals surface area contributed by atoms with Crippen molar-refractivity contribution in [3.05, 3.63) is 94.7 Å². The molecule has 11 heteroatoms. The second-order valence-electron chi connectivity index (χ2n) is 9.59. The number of nitro groups is 1. The van der Waals surface area contributed by atoms with Crippen molar-refractivity contribution >= 4 is 29.1 Å². The van der Waals surface area contributed by atoms with Crippen molar-refractivity contribution < 1.29 is 23.9 Å². The molecule has 3 aromatic rings. The van der Waals surface area contributed by atoms with Crippen molar-refractivity contribution in [1.29, 1.82) is 0 Å². The predicted molar refractivity (Wildman–Crippen MR) is 151 cm³/mol. The molecule has 10 nitrogen and oxygen atoms in total. The van der Waals surface area contributed by atoms with Gasteiger partial charge in [0.15, 0.2) is 16.3 Å². The smallest absolute Gasteiger partial charge is 0.338 e. The molecule has 2 heterocycles. The van der Waals surface area contributed by atoms with Crippen LogP contribution in [0.25, 0.3) is 6.08 Å². The van der Waals surface area contributed by atoms with Gasteiger partial charge in [0, 0.05) is 12.1 Å². The molecule has 1 aromatic heterocycles. The van der Waals surface area contributed by atoms with E-state index in [2.05, 4.69) is 18.8 Å². The number of esters is 1. The molecular formula is C29H31N3O7S. The van der Waals surface area contributed by atoms with Gasteiger partial charge in [-0.05, 0) is 67.7 Å². The van der Waals surface area contributed by atoms with Crippen LogP contribution >= 0.6 is 11.3 Å². The zero-order valence-electron chi connectivity index (χ0n) is 23.0. The fraction of sp³-hybridized carbons (Fsp3) is 0.345. The summed E-state index contributed by atoms with van der Waals surface area (Å²) in [6, 6.07) is 10.5. The molecule has 0 fully saturated rings. The van der Waals surface area contributed by atoms with Gasteiger partial charge < -0.3 is 14.2 Å². The molecule has 1 aliphatic heterocycles.